The maximum Gasteiger partial charge on any atom is 0.220 e. The van der Waals surface area contributed by atoms with Crippen LogP contribution in [0.3, 0.4) is 0 Å². The molecule has 1 heterocycles. The molecule has 1 atom stereocenters. The topological polar surface area (TPSA) is 58.5 Å². The number of carbonyl (C=O) groups excluding carboxylic acids is 2. The van der Waals surface area contributed by atoms with E-state index < -0.39 is 0 Å². The molecule has 35 heavy (non-hydrogen) atoms. The van der Waals surface area contributed by atoms with E-state index in [1.807, 2.05) is 6.34 Å². The molecule has 0 radical (unpaired) electrons. The largest absolute Gasteiger partial charge is 0.350 e. The third-order valence-corrected chi connectivity index (χ3v) is 7.53. The Balaban J connectivity index is 2.08. The van der Waals surface area contributed by atoms with E-state index in [4.69, 9.17) is 0 Å². The molecule has 0 aromatic rings. The number of aliphatic imine (C=N–C) groups is 1. The van der Waals surface area contributed by atoms with E-state index in [9.17, 15) is 9.59 Å². The molecular weight excluding hydrogens is 434 g/mol. The highest BCUT2D eigenvalue weighted by molar-refractivity contribution is 5.78. The first-order valence-corrected chi connectivity index (χ1v) is 15.3. The average molecular weight is 493 g/mol. The summed E-state index contributed by atoms with van der Waals surface area (Å²) in [4.78, 5) is 29.1. The van der Waals surface area contributed by atoms with Crippen molar-refractivity contribution < 1.29 is 14.1 Å². The van der Waals surface area contributed by atoms with Crippen molar-refractivity contribution in [2.24, 2.45) is 4.99 Å². The molecule has 0 aromatic heterocycles. The van der Waals surface area contributed by atoms with Gasteiger partial charge in [0, 0.05) is 12.8 Å². The Morgan fingerprint density at radius 1 is 0.686 bits per heavy atom. The Kier molecular flexibility index (Phi) is 20.0. The van der Waals surface area contributed by atoms with Gasteiger partial charge < -0.3 is 5.32 Å². The molecule has 1 N–H and O–H groups in total. The lowest BCUT2D eigenvalue weighted by Crippen LogP contribution is -2.50. The number of quaternary nitrogens is 1. The van der Waals surface area contributed by atoms with Crippen molar-refractivity contribution in [3.63, 3.8) is 0 Å². The molecule has 0 aromatic carbocycles. The van der Waals surface area contributed by atoms with Gasteiger partial charge in [0.2, 0.25) is 5.91 Å². The molecule has 0 saturated carbocycles. The molecule has 0 saturated heterocycles. The van der Waals surface area contributed by atoms with Gasteiger partial charge in [-0.3, -0.25) is 14.1 Å². The third-order valence-electron chi connectivity index (χ3n) is 7.53. The van der Waals surface area contributed by atoms with E-state index in [-0.39, 0.29) is 5.91 Å². The number of hydrogen-bond acceptors (Lipinski definition) is 3. The van der Waals surface area contributed by atoms with Crippen LogP contribution in [0.25, 0.3) is 0 Å². The van der Waals surface area contributed by atoms with Crippen molar-refractivity contribution >= 4 is 18.0 Å². The van der Waals surface area contributed by atoms with Gasteiger partial charge in [-0.15, -0.1) is 0 Å². The van der Waals surface area contributed by atoms with Gasteiger partial charge in [-0.25, -0.2) is 4.99 Å². The van der Waals surface area contributed by atoms with Gasteiger partial charge in [-0.1, -0.05) is 110 Å². The van der Waals surface area contributed by atoms with Gasteiger partial charge in [-0.2, -0.15) is 0 Å². The van der Waals surface area contributed by atoms with Crippen LogP contribution in [0.2, 0.25) is 0 Å². The second kappa shape index (κ2) is 22.0. The second-order valence-corrected chi connectivity index (χ2v) is 10.9. The molecule has 204 valence electrons. The van der Waals surface area contributed by atoms with E-state index in [0.29, 0.717) is 25.2 Å². The summed E-state index contributed by atoms with van der Waals surface area (Å²) in [5, 5.41) is 3.11. The molecule has 1 aliphatic rings. The van der Waals surface area contributed by atoms with E-state index in [2.05, 4.69) is 24.2 Å². The van der Waals surface area contributed by atoms with Gasteiger partial charge >= 0.3 is 0 Å². The van der Waals surface area contributed by atoms with Crippen LogP contribution >= 0.6 is 0 Å². The molecule has 0 spiro atoms. The molecule has 5 nitrogen and oxygen atoms in total. The number of rotatable bonds is 25. The highest BCUT2D eigenvalue weighted by atomic mass is 16.1. The van der Waals surface area contributed by atoms with Crippen molar-refractivity contribution in [1.82, 2.24) is 5.32 Å². The van der Waals surface area contributed by atoms with Crippen LogP contribution in [-0.4, -0.2) is 55.2 Å². The lowest BCUT2D eigenvalue weighted by atomic mass is 10.0. The Morgan fingerprint density at radius 2 is 1.20 bits per heavy atom. The molecular formula is C30H58N3O2+. The van der Waals surface area contributed by atoms with E-state index in [0.717, 1.165) is 56.3 Å². The van der Waals surface area contributed by atoms with Crippen LogP contribution in [0, 0.1) is 0 Å². The lowest BCUT2D eigenvalue weighted by molar-refractivity contribution is -0.826. The second-order valence-electron chi connectivity index (χ2n) is 10.9. The zero-order valence-corrected chi connectivity index (χ0v) is 23.5. The number of nitrogens with zero attached hydrogens (tertiary/aromatic N) is 2. The Hall–Kier alpha value is -1.23. The number of Topliss-reactive ketones (excluding diaryl/α,β-unsaturated/α-hetero) is 1. The molecule has 1 rings (SSSR count). The maximum absolute atomic E-state index is 12.4. The summed E-state index contributed by atoms with van der Waals surface area (Å²) in [7, 11) is 0. The highest BCUT2D eigenvalue weighted by Crippen LogP contribution is 2.14. The third kappa shape index (κ3) is 17.8. The molecule has 0 fully saturated rings. The summed E-state index contributed by atoms with van der Waals surface area (Å²) in [5.41, 5.74) is 0. The van der Waals surface area contributed by atoms with E-state index in [1.165, 1.54) is 89.9 Å². The fraction of sp³-hybridized carbons (Fsp3) is 0.900. The van der Waals surface area contributed by atoms with E-state index >= 15 is 0 Å². The fourth-order valence-electron chi connectivity index (χ4n) is 5.03. The molecule has 0 aliphatic carbocycles. The van der Waals surface area contributed by atoms with Crippen molar-refractivity contribution in [2.45, 2.75) is 142 Å². The number of amides is 1. The molecule has 1 amide bonds. The summed E-state index contributed by atoms with van der Waals surface area (Å²) < 4.78 is 0.751. The van der Waals surface area contributed by atoms with Crippen molar-refractivity contribution in [3.05, 3.63) is 0 Å². The average Bonchev–Trinajstić information content (AvgIpc) is 3.32. The van der Waals surface area contributed by atoms with Crippen LogP contribution in [0.5, 0.6) is 0 Å². The maximum atomic E-state index is 12.4. The normalized spacial score (nSPS) is 17.2. The Labute approximate surface area is 217 Å². The molecule has 5 heteroatoms. The quantitative estimate of drug-likeness (QED) is 0.107. The number of hydrogen-bond donors (Lipinski definition) is 1. The first-order valence-electron chi connectivity index (χ1n) is 15.3. The van der Waals surface area contributed by atoms with Crippen molar-refractivity contribution in [1.29, 1.82) is 0 Å². The fourth-order valence-corrected chi connectivity index (χ4v) is 5.03. The SMILES string of the molecule is CCCCCCCCCCCC(=O)NCC[N+]1(CCC(=O)CCCCCCCCCC)C=NCC1. The monoisotopic (exact) mass is 492 g/mol. The Bertz CT molecular complexity index is 564. The predicted molar refractivity (Wildman–Crippen MR) is 150 cm³/mol. The number of unbranched alkanes of at least 4 members (excludes halogenated alkanes) is 15. The summed E-state index contributed by atoms with van der Waals surface area (Å²) in [5.74, 6) is 0.566. The minimum atomic E-state index is 0.174. The number of nitrogens with one attached hydrogen (secondary N) is 1. The standard InChI is InChI=1S/C30H57N3O2/c1-3-5-7-9-11-13-15-17-19-21-30(35)32-24-27-33(26-23-31-28-33)25-22-29(34)20-18-16-14-12-10-8-6-4-2/h28H,3-27H2,1-2H3/p+1. The van der Waals surface area contributed by atoms with Gasteiger partial charge in [-0.05, 0) is 12.8 Å². The van der Waals surface area contributed by atoms with Crippen molar-refractivity contribution in [2.75, 3.05) is 32.7 Å². The summed E-state index contributed by atoms with van der Waals surface area (Å²) in [6.07, 6.45) is 25.6. The number of ketones is 1. The zero-order chi connectivity index (χ0) is 25.5. The van der Waals surface area contributed by atoms with Crippen LogP contribution < -0.4 is 5.32 Å². The van der Waals surface area contributed by atoms with Crippen LogP contribution in [-0.2, 0) is 9.59 Å². The predicted octanol–water partition coefficient (Wildman–Crippen LogP) is 7.37. The molecule has 0 bridgehead atoms. The minimum absolute atomic E-state index is 0.174. The minimum Gasteiger partial charge on any atom is -0.350 e. The van der Waals surface area contributed by atoms with E-state index in [1.54, 1.807) is 0 Å². The molecule has 1 aliphatic heterocycles. The first-order chi connectivity index (χ1) is 17.1. The summed E-state index contributed by atoms with van der Waals surface area (Å²) in [6.45, 7) is 8.64. The highest BCUT2D eigenvalue weighted by Gasteiger charge is 2.29. The number of carbonyl (C=O) groups is 2. The van der Waals surface area contributed by atoms with Gasteiger partial charge in [0.15, 0.2) is 6.34 Å². The zero-order valence-electron chi connectivity index (χ0n) is 23.5. The van der Waals surface area contributed by atoms with Gasteiger partial charge in [0.05, 0.1) is 26.1 Å². The van der Waals surface area contributed by atoms with Gasteiger partial charge in [0.25, 0.3) is 0 Å². The van der Waals surface area contributed by atoms with Crippen LogP contribution in [0.4, 0.5) is 0 Å². The Morgan fingerprint density at radius 3 is 1.71 bits per heavy atom. The lowest BCUT2D eigenvalue weighted by Gasteiger charge is -2.30. The van der Waals surface area contributed by atoms with Gasteiger partial charge in [0.1, 0.15) is 18.9 Å². The van der Waals surface area contributed by atoms with Crippen molar-refractivity contribution in [3.8, 4) is 0 Å². The summed E-state index contributed by atoms with van der Waals surface area (Å²) >= 11 is 0. The smallest absolute Gasteiger partial charge is 0.220 e. The van der Waals surface area contributed by atoms with Crippen LogP contribution in [0.1, 0.15) is 142 Å². The summed E-state index contributed by atoms with van der Waals surface area (Å²) in [6, 6.07) is 0. The molecule has 1 unspecified atom stereocenters. The van der Waals surface area contributed by atoms with Crippen LogP contribution in [0.15, 0.2) is 4.99 Å². The first kappa shape index (κ1) is 31.8.